The lowest BCUT2D eigenvalue weighted by molar-refractivity contribution is 0.208. The van der Waals surface area contributed by atoms with Crippen LogP contribution >= 0.6 is 11.3 Å². The van der Waals surface area contributed by atoms with E-state index in [0.29, 0.717) is 18.8 Å². The summed E-state index contributed by atoms with van der Waals surface area (Å²) in [6.45, 7) is 2.86. The summed E-state index contributed by atoms with van der Waals surface area (Å²) in [5, 5.41) is 6.23. The SMILES string of the molecule is CN(C)c1cncc(NC(=O)N2CCN(c3nccc4sccc34)CC2)c1. The predicted molar refractivity (Wildman–Crippen MR) is 111 cm³/mol. The number of nitrogens with one attached hydrogen (secondary N) is 1. The largest absolute Gasteiger partial charge is 0.376 e. The van der Waals surface area contributed by atoms with Gasteiger partial charge >= 0.3 is 6.03 Å². The molecule has 4 heterocycles. The minimum Gasteiger partial charge on any atom is -0.376 e. The molecule has 1 aliphatic rings. The first-order valence-corrected chi connectivity index (χ1v) is 9.75. The molecule has 7 nitrogen and oxygen atoms in total. The molecule has 0 saturated carbocycles. The third-order valence-electron chi connectivity index (χ3n) is 4.72. The maximum Gasteiger partial charge on any atom is 0.322 e. The second kappa shape index (κ2) is 7.40. The molecule has 2 amide bonds. The summed E-state index contributed by atoms with van der Waals surface area (Å²) in [7, 11) is 3.90. The van der Waals surface area contributed by atoms with Gasteiger partial charge in [0.2, 0.25) is 0 Å². The number of thiophene rings is 1. The summed E-state index contributed by atoms with van der Waals surface area (Å²) in [5.41, 5.74) is 1.66. The minimum absolute atomic E-state index is 0.0888. The first-order chi connectivity index (χ1) is 13.1. The first-order valence-electron chi connectivity index (χ1n) is 8.87. The molecule has 140 valence electrons. The Balaban J connectivity index is 1.39. The van der Waals surface area contributed by atoms with Crippen molar-refractivity contribution in [3.8, 4) is 0 Å². The van der Waals surface area contributed by atoms with Crippen LogP contribution in [0.1, 0.15) is 0 Å². The molecule has 1 N–H and O–H groups in total. The molecule has 0 atom stereocenters. The van der Waals surface area contributed by atoms with Crippen LogP contribution in [-0.2, 0) is 0 Å². The smallest absolute Gasteiger partial charge is 0.322 e. The van der Waals surface area contributed by atoms with E-state index < -0.39 is 0 Å². The fourth-order valence-corrected chi connectivity index (χ4v) is 3.97. The molecular formula is C19H22N6OS. The Hall–Kier alpha value is -2.87. The molecule has 8 heteroatoms. The summed E-state index contributed by atoms with van der Waals surface area (Å²) < 4.78 is 1.24. The van der Waals surface area contributed by atoms with E-state index in [1.807, 2.05) is 42.2 Å². The zero-order valence-electron chi connectivity index (χ0n) is 15.4. The van der Waals surface area contributed by atoms with Crippen LogP contribution in [0.2, 0.25) is 0 Å². The van der Waals surface area contributed by atoms with Crippen LogP contribution < -0.4 is 15.1 Å². The molecule has 0 bridgehead atoms. The van der Waals surface area contributed by atoms with Crippen molar-refractivity contribution in [2.45, 2.75) is 0 Å². The van der Waals surface area contributed by atoms with Gasteiger partial charge in [0.25, 0.3) is 0 Å². The second-order valence-electron chi connectivity index (χ2n) is 6.70. The summed E-state index contributed by atoms with van der Waals surface area (Å²) in [5.74, 6) is 1.01. The monoisotopic (exact) mass is 382 g/mol. The van der Waals surface area contributed by atoms with E-state index in [0.717, 1.165) is 24.6 Å². The Morgan fingerprint density at radius 3 is 2.78 bits per heavy atom. The van der Waals surface area contributed by atoms with Gasteiger partial charge in [-0.1, -0.05) is 0 Å². The third kappa shape index (κ3) is 3.66. The molecule has 27 heavy (non-hydrogen) atoms. The lowest BCUT2D eigenvalue weighted by atomic mass is 10.2. The highest BCUT2D eigenvalue weighted by molar-refractivity contribution is 7.17. The van der Waals surface area contributed by atoms with Crippen LogP contribution in [0.15, 0.2) is 42.2 Å². The molecule has 0 aliphatic carbocycles. The number of hydrogen-bond donors (Lipinski definition) is 1. The van der Waals surface area contributed by atoms with Gasteiger partial charge in [0.15, 0.2) is 0 Å². The van der Waals surface area contributed by atoms with Gasteiger partial charge in [0, 0.05) is 56.6 Å². The molecule has 0 unspecified atom stereocenters. The van der Waals surface area contributed by atoms with Crippen LogP contribution in [0.3, 0.4) is 0 Å². The molecule has 4 rings (SSSR count). The van der Waals surface area contributed by atoms with Gasteiger partial charge in [-0.25, -0.2) is 9.78 Å². The van der Waals surface area contributed by atoms with E-state index in [2.05, 4.69) is 31.6 Å². The molecular weight excluding hydrogens is 360 g/mol. The quantitative estimate of drug-likeness (QED) is 0.754. The predicted octanol–water partition coefficient (Wildman–Crippen LogP) is 3.11. The van der Waals surface area contributed by atoms with Crippen LogP contribution in [-0.4, -0.2) is 61.2 Å². The van der Waals surface area contributed by atoms with Crippen molar-refractivity contribution in [2.24, 2.45) is 0 Å². The topological polar surface area (TPSA) is 64.6 Å². The van der Waals surface area contributed by atoms with Crippen molar-refractivity contribution in [3.05, 3.63) is 42.2 Å². The zero-order chi connectivity index (χ0) is 18.8. The van der Waals surface area contributed by atoms with E-state index in [-0.39, 0.29) is 6.03 Å². The number of amides is 2. The summed E-state index contributed by atoms with van der Waals surface area (Å²) in [4.78, 5) is 27.4. The molecule has 1 fully saturated rings. The Kier molecular flexibility index (Phi) is 4.81. The number of fused-ring (bicyclic) bond motifs is 1. The van der Waals surface area contributed by atoms with Gasteiger partial charge in [-0.3, -0.25) is 4.98 Å². The van der Waals surface area contributed by atoms with Gasteiger partial charge < -0.3 is 20.0 Å². The fraction of sp³-hybridized carbons (Fsp3) is 0.316. The maximum absolute atomic E-state index is 12.6. The van der Waals surface area contributed by atoms with Crippen molar-refractivity contribution in [3.63, 3.8) is 0 Å². The normalized spacial score (nSPS) is 14.4. The Morgan fingerprint density at radius 1 is 1.19 bits per heavy atom. The molecule has 3 aromatic rings. The van der Waals surface area contributed by atoms with Crippen molar-refractivity contribution >= 4 is 44.6 Å². The zero-order valence-corrected chi connectivity index (χ0v) is 16.2. The van der Waals surface area contributed by atoms with E-state index in [1.54, 1.807) is 23.7 Å². The number of urea groups is 1. The minimum atomic E-state index is -0.0888. The molecule has 1 aliphatic heterocycles. The van der Waals surface area contributed by atoms with Gasteiger partial charge in [0.1, 0.15) is 5.82 Å². The van der Waals surface area contributed by atoms with E-state index in [1.165, 1.54) is 10.1 Å². The van der Waals surface area contributed by atoms with Crippen LogP contribution in [0.25, 0.3) is 10.1 Å². The van der Waals surface area contributed by atoms with Gasteiger partial charge in [-0.15, -0.1) is 11.3 Å². The maximum atomic E-state index is 12.6. The van der Waals surface area contributed by atoms with E-state index >= 15 is 0 Å². The molecule has 0 radical (unpaired) electrons. The number of aromatic nitrogens is 2. The molecule has 0 spiro atoms. The average molecular weight is 382 g/mol. The van der Waals surface area contributed by atoms with Crippen molar-refractivity contribution in [2.75, 3.05) is 55.4 Å². The van der Waals surface area contributed by atoms with Crippen molar-refractivity contribution in [1.82, 2.24) is 14.9 Å². The highest BCUT2D eigenvalue weighted by Gasteiger charge is 2.23. The lowest BCUT2D eigenvalue weighted by Gasteiger charge is -2.35. The number of pyridine rings is 2. The molecule has 1 saturated heterocycles. The Labute approximate surface area is 162 Å². The summed E-state index contributed by atoms with van der Waals surface area (Å²) in [6, 6.07) is 5.99. The summed E-state index contributed by atoms with van der Waals surface area (Å²) in [6.07, 6.45) is 5.30. The highest BCUT2D eigenvalue weighted by Crippen LogP contribution is 2.29. The number of rotatable bonds is 3. The Bertz CT molecular complexity index is 948. The van der Waals surface area contributed by atoms with Crippen LogP contribution in [0, 0.1) is 0 Å². The Morgan fingerprint density at radius 2 is 2.00 bits per heavy atom. The van der Waals surface area contributed by atoms with Crippen LogP contribution in [0.5, 0.6) is 0 Å². The average Bonchev–Trinajstić information content (AvgIpc) is 3.17. The van der Waals surface area contributed by atoms with Gasteiger partial charge in [-0.2, -0.15) is 0 Å². The molecule has 0 aromatic carbocycles. The standard InChI is InChI=1S/C19H22N6OS/c1-23(2)15-11-14(12-20-13-15)22-19(26)25-8-6-24(7-9-25)18-16-4-10-27-17(16)3-5-21-18/h3-5,10-13H,6-9H2,1-2H3,(H,22,26). The number of hydrogen-bond acceptors (Lipinski definition) is 6. The first kappa shape index (κ1) is 17.5. The highest BCUT2D eigenvalue weighted by atomic mass is 32.1. The van der Waals surface area contributed by atoms with Gasteiger partial charge in [0.05, 0.1) is 23.8 Å². The number of carbonyl (C=O) groups is 1. The van der Waals surface area contributed by atoms with Gasteiger partial charge in [-0.05, 0) is 23.6 Å². The van der Waals surface area contributed by atoms with E-state index in [9.17, 15) is 4.79 Å². The fourth-order valence-electron chi connectivity index (χ4n) is 3.20. The number of nitrogens with zero attached hydrogens (tertiary/aromatic N) is 5. The number of carbonyl (C=O) groups excluding carboxylic acids is 1. The summed E-state index contributed by atoms with van der Waals surface area (Å²) >= 11 is 1.72. The lowest BCUT2D eigenvalue weighted by Crippen LogP contribution is -2.50. The molecule has 3 aromatic heterocycles. The number of anilines is 3. The number of piperazine rings is 1. The van der Waals surface area contributed by atoms with Crippen molar-refractivity contribution in [1.29, 1.82) is 0 Å². The third-order valence-corrected chi connectivity index (χ3v) is 5.60. The van der Waals surface area contributed by atoms with Crippen molar-refractivity contribution < 1.29 is 4.79 Å². The van der Waals surface area contributed by atoms with Crippen LogP contribution in [0.4, 0.5) is 22.0 Å². The van der Waals surface area contributed by atoms with E-state index in [4.69, 9.17) is 0 Å². The second-order valence-corrected chi connectivity index (χ2v) is 7.65.